The summed E-state index contributed by atoms with van der Waals surface area (Å²) in [6.07, 6.45) is -4.87. The molecule has 2 atom stereocenters. The monoisotopic (exact) mass is 275 g/mol. The molecule has 1 aromatic heterocycles. The Balaban J connectivity index is 2.02. The first-order valence-corrected chi connectivity index (χ1v) is 6.15. The van der Waals surface area contributed by atoms with E-state index in [1.54, 1.807) is 0 Å². The lowest BCUT2D eigenvalue weighted by atomic mass is 9.94. The van der Waals surface area contributed by atoms with Crippen molar-refractivity contribution < 1.29 is 17.6 Å². The maximum Gasteiger partial charge on any atom is 0.417 e. The predicted molar refractivity (Wildman–Crippen MR) is 61.7 cm³/mol. The fourth-order valence-electron chi connectivity index (χ4n) is 2.72. The van der Waals surface area contributed by atoms with Crippen molar-refractivity contribution in [1.82, 2.24) is 10.3 Å². The third-order valence-corrected chi connectivity index (χ3v) is 3.66. The van der Waals surface area contributed by atoms with Crippen LogP contribution in [0.15, 0.2) is 12.3 Å². The minimum Gasteiger partial charge on any atom is -0.351 e. The first kappa shape index (κ1) is 12.7. The Morgan fingerprint density at radius 2 is 2.16 bits per heavy atom. The summed E-state index contributed by atoms with van der Waals surface area (Å²) in [5, 5.41) is 3.15. The second-order valence-corrected chi connectivity index (χ2v) is 4.89. The Morgan fingerprint density at radius 1 is 1.37 bits per heavy atom. The minimum absolute atomic E-state index is 0.0273. The molecule has 0 aromatic carbocycles. The highest BCUT2D eigenvalue weighted by molar-refractivity contribution is 5.53. The van der Waals surface area contributed by atoms with Gasteiger partial charge in [-0.3, -0.25) is 0 Å². The molecule has 104 valence electrons. The number of anilines is 1. The zero-order valence-corrected chi connectivity index (χ0v) is 10.0. The van der Waals surface area contributed by atoms with Gasteiger partial charge in [0.15, 0.2) is 0 Å². The summed E-state index contributed by atoms with van der Waals surface area (Å²) in [7, 11) is 0. The lowest BCUT2D eigenvalue weighted by molar-refractivity contribution is -0.137. The van der Waals surface area contributed by atoms with Crippen LogP contribution in [0.3, 0.4) is 0 Å². The van der Waals surface area contributed by atoms with Crippen molar-refractivity contribution in [3.05, 3.63) is 23.4 Å². The van der Waals surface area contributed by atoms with E-state index in [1.165, 1.54) is 0 Å². The molecule has 3 nitrogen and oxygen atoms in total. The summed E-state index contributed by atoms with van der Waals surface area (Å²) in [6.45, 7) is 2.01. The number of piperazine rings is 1. The van der Waals surface area contributed by atoms with Crippen molar-refractivity contribution in [2.24, 2.45) is 0 Å². The molecule has 2 aliphatic heterocycles. The van der Waals surface area contributed by atoms with Crippen molar-refractivity contribution in [2.75, 3.05) is 24.5 Å². The summed E-state index contributed by atoms with van der Waals surface area (Å²) in [6, 6.07) is 0.867. The summed E-state index contributed by atoms with van der Waals surface area (Å²) in [5.41, 5.74) is -0.824. The number of alkyl halides is 4. The van der Waals surface area contributed by atoms with Gasteiger partial charge in [0.1, 0.15) is 12.0 Å². The zero-order chi connectivity index (χ0) is 13.6. The van der Waals surface area contributed by atoms with E-state index in [0.717, 1.165) is 18.8 Å². The molecule has 0 radical (unpaired) electrons. The number of nitrogens with zero attached hydrogens (tertiary/aromatic N) is 2. The molecule has 7 heteroatoms. The Hall–Kier alpha value is -1.37. The molecule has 2 aliphatic rings. The SMILES string of the molecule is F[C@@H]1C[C@H]2CNCCN2c2ncc(C(F)(F)F)cc21. The molecule has 3 rings (SSSR count). The van der Waals surface area contributed by atoms with E-state index < -0.39 is 17.9 Å². The molecule has 0 bridgehead atoms. The quantitative estimate of drug-likeness (QED) is 0.736. The van der Waals surface area contributed by atoms with Crippen LogP contribution in [-0.4, -0.2) is 30.7 Å². The maximum absolute atomic E-state index is 14.1. The van der Waals surface area contributed by atoms with Gasteiger partial charge in [0.2, 0.25) is 0 Å². The van der Waals surface area contributed by atoms with E-state index >= 15 is 0 Å². The van der Waals surface area contributed by atoms with Crippen molar-refractivity contribution in [2.45, 2.75) is 24.8 Å². The Morgan fingerprint density at radius 3 is 2.89 bits per heavy atom. The average Bonchev–Trinajstić information content (AvgIpc) is 2.37. The van der Waals surface area contributed by atoms with E-state index in [4.69, 9.17) is 0 Å². The number of rotatable bonds is 0. The number of hydrogen-bond donors (Lipinski definition) is 1. The number of fused-ring (bicyclic) bond motifs is 3. The largest absolute Gasteiger partial charge is 0.417 e. The first-order valence-electron chi connectivity index (χ1n) is 6.15. The highest BCUT2D eigenvalue weighted by Crippen LogP contribution is 2.41. The molecule has 0 aliphatic carbocycles. The highest BCUT2D eigenvalue weighted by atomic mass is 19.4. The van der Waals surface area contributed by atoms with Gasteiger partial charge in [0.05, 0.1) is 5.56 Å². The fraction of sp³-hybridized carbons (Fsp3) is 0.583. The molecule has 1 N–H and O–H groups in total. The molecule has 1 fully saturated rings. The highest BCUT2D eigenvalue weighted by Gasteiger charge is 2.38. The Bertz CT molecular complexity index is 488. The van der Waals surface area contributed by atoms with Crippen molar-refractivity contribution in [3.63, 3.8) is 0 Å². The standard InChI is InChI=1S/C12H13F4N3/c13-10-4-8-6-17-1-2-19(8)11-9(10)3-7(5-18-11)12(14,15)16/h3,5,8,10,17H,1-2,4,6H2/t8-,10+/m0/s1. The molecule has 3 heterocycles. The van der Waals surface area contributed by atoms with E-state index in [0.29, 0.717) is 18.9 Å². The van der Waals surface area contributed by atoms with E-state index in [1.807, 2.05) is 4.90 Å². The number of hydrogen-bond acceptors (Lipinski definition) is 3. The van der Waals surface area contributed by atoms with Gasteiger partial charge >= 0.3 is 6.18 Å². The van der Waals surface area contributed by atoms with Gasteiger partial charge in [-0.25, -0.2) is 9.37 Å². The molecule has 0 unspecified atom stereocenters. The smallest absolute Gasteiger partial charge is 0.351 e. The number of nitrogens with one attached hydrogen (secondary N) is 1. The summed E-state index contributed by atoms with van der Waals surface area (Å²) in [4.78, 5) is 5.76. The Kier molecular flexibility index (Phi) is 2.88. The number of pyridine rings is 1. The van der Waals surface area contributed by atoms with Gasteiger partial charge in [-0.15, -0.1) is 0 Å². The minimum atomic E-state index is -4.48. The van der Waals surface area contributed by atoms with E-state index in [-0.39, 0.29) is 18.0 Å². The molecule has 0 spiro atoms. The zero-order valence-electron chi connectivity index (χ0n) is 10.0. The van der Waals surface area contributed by atoms with Gasteiger partial charge in [-0.2, -0.15) is 13.2 Å². The Labute approximate surface area is 107 Å². The van der Waals surface area contributed by atoms with Crippen molar-refractivity contribution >= 4 is 5.82 Å². The predicted octanol–water partition coefficient (Wildman–Crippen LogP) is 2.29. The van der Waals surface area contributed by atoms with Gasteiger partial charge in [0.25, 0.3) is 0 Å². The van der Waals surface area contributed by atoms with Crippen LogP contribution < -0.4 is 10.2 Å². The third-order valence-electron chi connectivity index (χ3n) is 3.66. The van der Waals surface area contributed by atoms with Gasteiger partial charge < -0.3 is 10.2 Å². The second kappa shape index (κ2) is 4.33. The number of halogens is 4. The third kappa shape index (κ3) is 2.16. The molecule has 1 saturated heterocycles. The maximum atomic E-state index is 14.1. The number of aromatic nitrogens is 1. The van der Waals surface area contributed by atoms with Crippen LogP contribution in [-0.2, 0) is 6.18 Å². The second-order valence-electron chi connectivity index (χ2n) is 4.89. The summed E-state index contributed by atoms with van der Waals surface area (Å²) < 4.78 is 51.9. The van der Waals surface area contributed by atoms with Crippen LogP contribution in [0.1, 0.15) is 23.7 Å². The normalized spacial score (nSPS) is 26.8. The van der Waals surface area contributed by atoms with Crippen LogP contribution in [0.5, 0.6) is 0 Å². The van der Waals surface area contributed by atoms with E-state index in [9.17, 15) is 17.6 Å². The van der Waals surface area contributed by atoms with Crippen LogP contribution in [0.2, 0.25) is 0 Å². The fourth-order valence-corrected chi connectivity index (χ4v) is 2.72. The summed E-state index contributed by atoms with van der Waals surface area (Å²) >= 11 is 0. The van der Waals surface area contributed by atoms with Crippen molar-refractivity contribution in [3.8, 4) is 0 Å². The molecular formula is C12H13F4N3. The first-order chi connectivity index (χ1) is 8.97. The van der Waals surface area contributed by atoms with Crippen LogP contribution in [0, 0.1) is 0 Å². The van der Waals surface area contributed by atoms with Crippen LogP contribution >= 0.6 is 0 Å². The molecule has 19 heavy (non-hydrogen) atoms. The van der Waals surface area contributed by atoms with Crippen molar-refractivity contribution in [1.29, 1.82) is 0 Å². The van der Waals surface area contributed by atoms with Gasteiger partial charge in [-0.1, -0.05) is 0 Å². The summed E-state index contributed by atoms with van der Waals surface area (Å²) in [5.74, 6) is 0.359. The van der Waals surface area contributed by atoms with Gasteiger partial charge in [0, 0.05) is 43.9 Å². The average molecular weight is 275 g/mol. The lowest BCUT2D eigenvalue weighted by Gasteiger charge is -2.42. The lowest BCUT2D eigenvalue weighted by Crippen LogP contribution is -2.54. The topological polar surface area (TPSA) is 28.2 Å². The molecule has 0 amide bonds. The molecular weight excluding hydrogens is 262 g/mol. The van der Waals surface area contributed by atoms with Crippen LogP contribution in [0.25, 0.3) is 0 Å². The van der Waals surface area contributed by atoms with Gasteiger partial charge in [-0.05, 0) is 6.07 Å². The van der Waals surface area contributed by atoms with Crippen LogP contribution in [0.4, 0.5) is 23.4 Å². The van der Waals surface area contributed by atoms with E-state index in [2.05, 4.69) is 10.3 Å². The molecule has 0 saturated carbocycles. The molecule has 1 aromatic rings.